The molecule has 0 amide bonds. The minimum Gasteiger partial charge on any atom is -0.481 e. The molecule has 0 radical (unpaired) electrons. The Morgan fingerprint density at radius 2 is 1.96 bits per heavy atom. The maximum atomic E-state index is 5.52. The van der Waals surface area contributed by atoms with E-state index in [-0.39, 0.29) is 0 Å². The summed E-state index contributed by atoms with van der Waals surface area (Å²) in [4.78, 5) is 2.50. The number of hydrogen-bond acceptors (Lipinski definition) is 5. The normalized spacial score (nSPS) is 16.8. The predicted molar refractivity (Wildman–Crippen MR) is 97.8 cm³/mol. The first-order chi connectivity index (χ1) is 12.2. The zero-order valence-corrected chi connectivity index (χ0v) is 15.4. The summed E-state index contributed by atoms with van der Waals surface area (Å²) in [5.41, 5.74) is 3.47. The molecule has 1 N–H and O–H groups in total. The van der Waals surface area contributed by atoms with Crippen LogP contribution < -0.4 is 10.1 Å². The van der Waals surface area contributed by atoms with E-state index in [0.29, 0.717) is 6.04 Å². The zero-order chi connectivity index (χ0) is 17.6. The lowest BCUT2D eigenvalue weighted by Gasteiger charge is -2.35. The van der Waals surface area contributed by atoms with Gasteiger partial charge in [0.15, 0.2) is 0 Å². The third kappa shape index (κ3) is 4.21. The van der Waals surface area contributed by atoms with Crippen molar-refractivity contribution in [2.45, 2.75) is 19.5 Å². The Morgan fingerprint density at radius 1 is 1.24 bits per heavy atom. The van der Waals surface area contributed by atoms with Crippen LogP contribution in [0.4, 0.5) is 0 Å². The van der Waals surface area contributed by atoms with Crippen molar-refractivity contribution in [2.75, 3.05) is 40.0 Å². The summed E-state index contributed by atoms with van der Waals surface area (Å²) >= 11 is 0. The summed E-state index contributed by atoms with van der Waals surface area (Å²) in [6.07, 6.45) is 0. The number of nitrogens with one attached hydrogen (secondary N) is 1. The first-order valence-electron chi connectivity index (χ1n) is 8.84. The van der Waals surface area contributed by atoms with Gasteiger partial charge in [0.25, 0.3) is 0 Å². The molecule has 2 heterocycles. The lowest BCUT2D eigenvalue weighted by atomic mass is 10.0. The van der Waals surface area contributed by atoms with Crippen LogP contribution in [0, 0.1) is 6.92 Å². The molecule has 6 heteroatoms. The Balaban J connectivity index is 1.69. The van der Waals surface area contributed by atoms with Crippen molar-refractivity contribution in [2.24, 2.45) is 7.05 Å². The van der Waals surface area contributed by atoms with Gasteiger partial charge in [0.2, 0.25) is 5.88 Å². The lowest BCUT2D eigenvalue weighted by molar-refractivity contribution is 0.0161. The molecule has 1 aliphatic heterocycles. The van der Waals surface area contributed by atoms with Crippen LogP contribution in [0.1, 0.15) is 22.9 Å². The third-order valence-corrected chi connectivity index (χ3v) is 4.79. The highest BCUT2D eigenvalue weighted by atomic mass is 16.5. The average Bonchev–Trinajstić information content (AvgIpc) is 2.92. The summed E-state index contributed by atoms with van der Waals surface area (Å²) < 4.78 is 12.8. The smallest absolute Gasteiger partial charge is 0.216 e. The van der Waals surface area contributed by atoms with E-state index in [1.807, 2.05) is 14.0 Å². The van der Waals surface area contributed by atoms with E-state index in [0.717, 1.165) is 56.5 Å². The number of morpholine rings is 1. The zero-order valence-electron chi connectivity index (χ0n) is 15.4. The molecular weight excluding hydrogens is 316 g/mol. The van der Waals surface area contributed by atoms with Crippen LogP contribution in [0.2, 0.25) is 0 Å². The second kappa shape index (κ2) is 8.47. The van der Waals surface area contributed by atoms with Crippen LogP contribution in [-0.4, -0.2) is 54.6 Å². The number of hydrogen-bond donors (Lipinski definition) is 1. The van der Waals surface area contributed by atoms with Crippen LogP contribution in [0.3, 0.4) is 0 Å². The first-order valence-corrected chi connectivity index (χ1v) is 8.84. The molecule has 0 saturated carbocycles. The van der Waals surface area contributed by atoms with E-state index < -0.39 is 0 Å². The molecule has 1 atom stereocenters. The number of benzene rings is 1. The molecule has 0 aliphatic carbocycles. The number of aromatic nitrogens is 2. The maximum absolute atomic E-state index is 5.52. The molecule has 1 aromatic carbocycles. The third-order valence-electron chi connectivity index (χ3n) is 4.79. The van der Waals surface area contributed by atoms with Crippen molar-refractivity contribution in [1.82, 2.24) is 20.0 Å². The van der Waals surface area contributed by atoms with Crippen molar-refractivity contribution in [3.63, 3.8) is 0 Å². The fraction of sp³-hybridized carbons (Fsp3) is 0.526. The molecule has 0 spiro atoms. The maximum Gasteiger partial charge on any atom is 0.216 e. The second-order valence-corrected chi connectivity index (χ2v) is 6.40. The highest BCUT2D eigenvalue weighted by Gasteiger charge is 2.22. The Labute approximate surface area is 149 Å². The van der Waals surface area contributed by atoms with Crippen LogP contribution in [0.15, 0.2) is 30.3 Å². The van der Waals surface area contributed by atoms with E-state index in [2.05, 4.69) is 45.6 Å². The number of ether oxygens (including phenoxy) is 2. The van der Waals surface area contributed by atoms with Gasteiger partial charge in [-0.2, -0.15) is 5.10 Å². The van der Waals surface area contributed by atoms with Crippen LogP contribution >= 0.6 is 0 Å². The van der Waals surface area contributed by atoms with Gasteiger partial charge in [-0.25, -0.2) is 4.68 Å². The molecule has 1 aliphatic rings. The summed E-state index contributed by atoms with van der Waals surface area (Å²) in [6, 6.07) is 11.0. The molecule has 0 unspecified atom stereocenters. The van der Waals surface area contributed by atoms with E-state index in [1.165, 1.54) is 5.56 Å². The SMILES string of the molecule is COc1c(CNC[C@@H](c2ccccc2)N2CCOCC2)c(C)nn1C. The molecule has 25 heavy (non-hydrogen) atoms. The molecule has 1 fully saturated rings. The van der Waals surface area contributed by atoms with Gasteiger partial charge in [-0.1, -0.05) is 30.3 Å². The summed E-state index contributed by atoms with van der Waals surface area (Å²) in [7, 11) is 3.61. The fourth-order valence-electron chi connectivity index (χ4n) is 3.50. The Kier molecular flexibility index (Phi) is 6.07. The van der Waals surface area contributed by atoms with Gasteiger partial charge < -0.3 is 14.8 Å². The van der Waals surface area contributed by atoms with Crippen LogP contribution in [-0.2, 0) is 18.3 Å². The monoisotopic (exact) mass is 344 g/mol. The highest BCUT2D eigenvalue weighted by Crippen LogP contribution is 2.23. The molecule has 136 valence electrons. The van der Waals surface area contributed by atoms with Gasteiger partial charge in [-0.05, 0) is 12.5 Å². The van der Waals surface area contributed by atoms with Gasteiger partial charge in [-0.15, -0.1) is 0 Å². The molecule has 1 aromatic heterocycles. The number of rotatable bonds is 7. The van der Waals surface area contributed by atoms with E-state index >= 15 is 0 Å². The van der Waals surface area contributed by atoms with Crippen molar-refractivity contribution in [3.05, 3.63) is 47.2 Å². The van der Waals surface area contributed by atoms with E-state index in [1.54, 1.807) is 11.8 Å². The molecule has 2 aromatic rings. The molecule has 3 rings (SSSR count). The van der Waals surface area contributed by atoms with Crippen molar-refractivity contribution in [3.8, 4) is 5.88 Å². The number of nitrogens with zero attached hydrogens (tertiary/aromatic N) is 3. The minimum absolute atomic E-state index is 0.341. The second-order valence-electron chi connectivity index (χ2n) is 6.40. The fourth-order valence-corrected chi connectivity index (χ4v) is 3.50. The summed E-state index contributed by atoms with van der Waals surface area (Å²) in [5.74, 6) is 0.827. The molecule has 6 nitrogen and oxygen atoms in total. The predicted octanol–water partition coefficient (Wildman–Crippen LogP) is 1.90. The van der Waals surface area contributed by atoms with Gasteiger partial charge in [0.1, 0.15) is 0 Å². The van der Waals surface area contributed by atoms with Crippen LogP contribution in [0.25, 0.3) is 0 Å². The topological polar surface area (TPSA) is 51.6 Å². The molecule has 1 saturated heterocycles. The van der Waals surface area contributed by atoms with Gasteiger partial charge in [-0.3, -0.25) is 4.90 Å². The Bertz CT molecular complexity index is 666. The summed E-state index contributed by atoms with van der Waals surface area (Å²) in [6.45, 7) is 7.19. The van der Waals surface area contributed by atoms with Crippen molar-refractivity contribution in [1.29, 1.82) is 0 Å². The van der Waals surface area contributed by atoms with E-state index in [9.17, 15) is 0 Å². The molecular formula is C19H28N4O2. The summed E-state index contributed by atoms with van der Waals surface area (Å²) in [5, 5.41) is 8.06. The van der Waals surface area contributed by atoms with Gasteiger partial charge >= 0.3 is 0 Å². The Hall–Kier alpha value is -1.89. The van der Waals surface area contributed by atoms with E-state index in [4.69, 9.17) is 9.47 Å². The molecule has 0 bridgehead atoms. The quantitative estimate of drug-likeness (QED) is 0.831. The van der Waals surface area contributed by atoms with Crippen LogP contribution in [0.5, 0.6) is 5.88 Å². The minimum atomic E-state index is 0.341. The lowest BCUT2D eigenvalue weighted by Crippen LogP contribution is -2.42. The Morgan fingerprint density at radius 3 is 2.64 bits per heavy atom. The van der Waals surface area contributed by atoms with Crippen molar-refractivity contribution >= 4 is 0 Å². The van der Waals surface area contributed by atoms with Gasteiger partial charge in [0, 0.05) is 39.3 Å². The van der Waals surface area contributed by atoms with Crippen molar-refractivity contribution < 1.29 is 9.47 Å². The largest absolute Gasteiger partial charge is 0.481 e. The number of aryl methyl sites for hydroxylation is 2. The average molecular weight is 344 g/mol. The number of methoxy groups -OCH3 is 1. The standard InChI is InChI=1S/C19H28N4O2/c1-15-17(19(24-3)22(2)21-15)13-20-14-18(16-7-5-4-6-8-16)23-9-11-25-12-10-23/h4-8,18,20H,9-14H2,1-3H3/t18-/m0/s1. The highest BCUT2D eigenvalue weighted by molar-refractivity contribution is 5.30. The van der Waals surface area contributed by atoms with Gasteiger partial charge in [0.05, 0.1) is 31.6 Å². The first kappa shape index (κ1) is 17.9.